The molecule has 4 heteroatoms. The first-order chi connectivity index (χ1) is 10.5. The van der Waals surface area contributed by atoms with Crippen molar-refractivity contribution in [2.24, 2.45) is 5.92 Å². The maximum absolute atomic E-state index is 12.6. The predicted molar refractivity (Wildman–Crippen MR) is 88.3 cm³/mol. The van der Waals surface area contributed by atoms with Crippen molar-refractivity contribution in [3.8, 4) is 0 Å². The highest BCUT2D eigenvalue weighted by Gasteiger charge is 2.25. The molecule has 0 saturated carbocycles. The molecule has 0 fully saturated rings. The van der Waals surface area contributed by atoms with Gasteiger partial charge in [0.05, 0.1) is 6.04 Å². The normalized spacial score (nSPS) is 12.0. The first kappa shape index (κ1) is 16.2. The molecule has 0 heterocycles. The van der Waals surface area contributed by atoms with Crippen LogP contribution >= 0.6 is 11.6 Å². The van der Waals surface area contributed by atoms with Gasteiger partial charge >= 0.3 is 0 Å². The fourth-order valence-corrected chi connectivity index (χ4v) is 2.27. The lowest BCUT2D eigenvalue weighted by Gasteiger charge is -2.21. The van der Waals surface area contributed by atoms with Crippen molar-refractivity contribution >= 4 is 23.3 Å². The number of halogens is 1. The van der Waals surface area contributed by atoms with Crippen LogP contribution in [0.4, 0.5) is 0 Å². The van der Waals surface area contributed by atoms with E-state index in [0.29, 0.717) is 16.1 Å². The lowest BCUT2D eigenvalue weighted by Crippen LogP contribution is -2.44. The highest BCUT2D eigenvalue weighted by Crippen LogP contribution is 2.15. The molecule has 0 saturated heterocycles. The molecule has 1 amide bonds. The molecule has 0 radical (unpaired) electrons. The first-order valence-corrected chi connectivity index (χ1v) is 7.52. The second-order valence-electron chi connectivity index (χ2n) is 5.43. The van der Waals surface area contributed by atoms with E-state index in [4.69, 9.17) is 11.6 Å². The third-order valence-electron chi connectivity index (χ3n) is 3.40. The summed E-state index contributed by atoms with van der Waals surface area (Å²) in [6, 6.07) is 15.0. The Morgan fingerprint density at radius 2 is 1.50 bits per heavy atom. The quantitative estimate of drug-likeness (QED) is 0.848. The molecule has 0 aliphatic heterocycles. The maximum Gasteiger partial charge on any atom is 0.251 e. The van der Waals surface area contributed by atoms with Gasteiger partial charge in [-0.3, -0.25) is 9.59 Å². The predicted octanol–water partition coefficient (Wildman–Crippen LogP) is 3.98. The zero-order chi connectivity index (χ0) is 16.1. The van der Waals surface area contributed by atoms with Crippen LogP contribution in [0.25, 0.3) is 0 Å². The molecular weight excluding hydrogens is 298 g/mol. The SMILES string of the molecule is CC(C)[C@@H](NC(=O)c1ccccc1)C(=O)c1ccc(Cl)cc1. The molecule has 0 bridgehead atoms. The standard InChI is InChI=1S/C18H18ClNO2/c1-12(2)16(17(21)13-8-10-15(19)11-9-13)20-18(22)14-6-4-3-5-7-14/h3-12,16H,1-2H3,(H,20,22)/t16-/m1/s1. The Hall–Kier alpha value is -2.13. The maximum atomic E-state index is 12.6. The number of benzene rings is 2. The first-order valence-electron chi connectivity index (χ1n) is 7.14. The van der Waals surface area contributed by atoms with Crippen molar-refractivity contribution in [2.45, 2.75) is 19.9 Å². The van der Waals surface area contributed by atoms with E-state index in [2.05, 4.69) is 5.32 Å². The van der Waals surface area contributed by atoms with E-state index < -0.39 is 6.04 Å². The zero-order valence-electron chi connectivity index (χ0n) is 12.5. The molecule has 2 rings (SSSR count). The molecule has 0 aliphatic carbocycles. The highest BCUT2D eigenvalue weighted by atomic mass is 35.5. The highest BCUT2D eigenvalue weighted by molar-refractivity contribution is 6.30. The minimum Gasteiger partial charge on any atom is -0.342 e. The fraction of sp³-hybridized carbons (Fsp3) is 0.222. The van der Waals surface area contributed by atoms with E-state index in [9.17, 15) is 9.59 Å². The molecule has 114 valence electrons. The number of amides is 1. The van der Waals surface area contributed by atoms with Crippen LogP contribution in [-0.2, 0) is 0 Å². The topological polar surface area (TPSA) is 46.2 Å². The molecule has 22 heavy (non-hydrogen) atoms. The molecule has 0 spiro atoms. The van der Waals surface area contributed by atoms with Crippen LogP contribution in [0.15, 0.2) is 54.6 Å². The summed E-state index contributed by atoms with van der Waals surface area (Å²) in [6.07, 6.45) is 0. The van der Waals surface area contributed by atoms with Crippen molar-refractivity contribution in [1.29, 1.82) is 0 Å². The lowest BCUT2D eigenvalue weighted by molar-refractivity contribution is 0.0831. The van der Waals surface area contributed by atoms with Crippen molar-refractivity contribution in [3.63, 3.8) is 0 Å². The van der Waals surface area contributed by atoms with Gasteiger partial charge < -0.3 is 5.32 Å². The molecular formula is C18H18ClNO2. The molecule has 3 nitrogen and oxygen atoms in total. The van der Waals surface area contributed by atoms with E-state index in [1.807, 2.05) is 19.9 Å². The Balaban J connectivity index is 2.18. The third-order valence-corrected chi connectivity index (χ3v) is 3.65. The Morgan fingerprint density at radius 1 is 0.909 bits per heavy atom. The van der Waals surface area contributed by atoms with Gasteiger partial charge in [-0.05, 0) is 42.3 Å². The minimum atomic E-state index is -0.575. The van der Waals surface area contributed by atoms with Gasteiger partial charge in [-0.1, -0.05) is 43.6 Å². The summed E-state index contributed by atoms with van der Waals surface area (Å²) >= 11 is 5.84. The average molecular weight is 316 g/mol. The summed E-state index contributed by atoms with van der Waals surface area (Å²) in [6.45, 7) is 3.81. The lowest BCUT2D eigenvalue weighted by atomic mass is 9.94. The van der Waals surface area contributed by atoms with Crippen LogP contribution in [0.1, 0.15) is 34.6 Å². The average Bonchev–Trinajstić information content (AvgIpc) is 2.53. The van der Waals surface area contributed by atoms with E-state index in [-0.39, 0.29) is 17.6 Å². The van der Waals surface area contributed by atoms with Gasteiger partial charge in [0.25, 0.3) is 5.91 Å². The van der Waals surface area contributed by atoms with Crippen LogP contribution in [-0.4, -0.2) is 17.7 Å². The summed E-state index contributed by atoms with van der Waals surface area (Å²) in [5.74, 6) is -0.381. The van der Waals surface area contributed by atoms with Crippen molar-refractivity contribution in [2.75, 3.05) is 0 Å². The Labute approximate surface area is 135 Å². The van der Waals surface area contributed by atoms with Gasteiger partial charge in [-0.15, -0.1) is 0 Å². The smallest absolute Gasteiger partial charge is 0.251 e. The number of ketones is 1. The Morgan fingerprint density at radius 3 is 2.05 bits per heavy atom. The molecule has 1 N–H and O–H groups in total. The molecule has 0 aromatic heterocycles. The van der Waals surface area contributed by atoms with Crippen LogP contribution in [0.2, 0.25) is 5.02 Å². The zero-order valence-corrected chi connectivity index (χ0v) is 13.3. The van der Waals surface area contributed by atoms with E-state index in [0.717, 1.165) is 0 Å². The third kappa shape index (κ3) is 3.95. The number of hydrogen-bond acceptors (Lipinski definition) is 2. The van der Waals surface area contributed by atoms with E-state index >= 15 is 0 Å². The Kier molecular flexibility index (Phi) is 5.34. The number of hydrogen-bond donors (Lipinski definition) is 1. The number of carbonyl (C=O) groups is 2. The summed E-state index contributed by atoms with van der Waals surface area (Å²) in [7, 11) is 0. The molecule has 0 aliphatic rings. The summed E-state index contributed by atoms with van der Waals surface area (Å²) in [5, 5.41) is 3.40. The van der Waals surface area contributed by atoms with Gasteiger partial charge in [0.1, 0.15) is 0 Å². The van der Waals surface area contributed by atoms with Crippen molar-refractivity contribution < 1.29 is 9.59 Å². The number of carbonyl (C=O) groups excluding carboxylic acids is 2. The van der Waals surface area contributed by atoms with Gasteiger partial charge in [-0.2, -0.15) is 0 Å². The number of nitrogens with one attached hydrogen (secondary N) is 1. The summed E-state index contributed by atoms with van der Waals surface area (Å²) in [4.78, 5) is 24.9. The minimum absolute atomic E-state index is 0.0177. The molecule has 1 atom stereocenters. The summed E-state index contributed by atoms with van der Waals surface area (Å²) in [5.41, 5.74) is 1.08. The van der Waals surface area contributed by atoms with Gasteiger partial charge in [0.15, 0.2) is 5.78 Å². The van der Waals surface area contributed by atoms with Crippen LogP contribution < -0.4 is 5.32 Å². The second kappa shape index (κ2) is 7.23. The van der Waals surface area contributed by atoms with Crippen LogP contribution in [0.5, 0.6) is 0 Å². The van der Waals surface area contributed by atoms with Crippen molar-refractivity contribution in [1.82, 2.24) is 5.32 Å². The van der Waals surface area contributed by atoms with E-state index in [1.165, 1.54) is 0 Å². The van der Waals surface area contributed by atoms with Crippen LogP contribution in [0, 0.1) is 5.92 Å². The molecule has 0 unspecified atom stereocenters. The van der Waals surface area contributed by atoms with Gasteiger partial charge in [-0.25, -0.2) is 0 Å². The Bertz CT molecular complexity index is 651. The van der Waals surface area contributed by atoms with Crippen LogP contribution in [0.3, 0.4) is 0 Å². The molecule has 2 aromatic carbocycles. The second-order valence-corrected chi connectivity index (χ2v) is 5.87. The largest absolute Gasteiger partial charge is 0.342 e. The number of Topliss-reactive ketones (excluding diaryl/α,β-unsaturated/α-hetero) is 1. The monoisotopic (exact) mass is 315 g/mol. The van der Waals surface area contributed by atoms with Gasteiger partial charge in [0.2, 0.25) is 0 Å². The van der Waals surface area contributed by atoms with Crippen molar-refractivity contribution in [3.05, 3.63) is 70.7 Å². The summed E-state index contributed by atoms with van der Waals surface area (Å²) < 4.78 is 0. The molecule has 2 aromatic rings. The van der Waals surface area contributed by atoms with Gasteiger partial charge in [0, 0.05) is 16.1 Å². The number of rotatable bonds is 5. The van der Waals surface area contributed by atoms with E-state index in [1.54, 1.807) is 48.5 Å². The fourth-order valence-electron chi connectivity index (χ4n) is 2.14.